The average Bonchev–Trinajstić information content (AvgIpc) is 3.59. The number of anilines is 1. The van der Waals surface area contributed by atoms with Gasteiger partial charge in [-0.3, -0.25) is 23.6 Å². The van der Waals surface area contributed by atoms with Crippen molar-refractivity contribution < 1.29 is 13.6 Å². The predicted octanol–water partition coefficient (Wildman–Crippen LogP) is 1.64. The van der Waals surface area contributed by atoms with Gasteiger partial charge in [0.05, 0.1) is 17.4 Å². The van der Waals surface area contributed by atoms with E-state index in [1.54, 1.807) is 18.7 Å². The molecule has 0 aliphatic rings. The van der Waals surface area contributed by atoms with Gasteiger partial charge in [0.2, 0.25) is 5.91 Å². The monoisotopic (exact) mass is 514 g/mol. The molecule has 0 saturated carbocycles. The van der Waals surface area contributed by atoms with Gasteiger partial charge in [-0.15, -0.1) is 0 Å². The molecule has 1 aromatic carbocycles. The quantitative estimate of drug-likeness (QED) is 0.326. The van der Waals surface area contributed by atoms with Gasteiger partial charge in [0, 0.05) is 45.6 Å². The number of aryl methyl sites for hydroxylation is 2. The van der Waals surface area contributed by atoms with Gasteiger partial charge in [0.15, 0.2) is 22.1 Å². The van der Waals surface area contributed by atoms with Crippen molar-refractivity contribution in [2.24, 2.45) is 14.1 Å². The van der Waals surface area contributed by atoms with E-state index in [2.05, 4.69) is 15.0 Å². The Morgan fingerprint density at radius 1 is 1.14 bits per heavy atom. The molecule has 5 rings (SSSR count). The van der Waals surface area contributed by atoms with E-state index in [4.69, 9.17) is 0 Å². The van der Waals surface area contributed by atoms with Crippen molar-refractivity contribution >= 4 is 43.8 Å². The Kier molecular flexibility index (Phi) is 5.96. The van der Waals surface area contributed by atoms with Crippen LogP contribution < -0.4 is 16.1 Å². The highest BCUT2D eigenvalue weighted by Gasteiger charge is 2.23. The number of fused-ring (bicyclic) bond motifs is 2. The van der Waals surface area contributed by atoms with Gasteiger partial charge >= 0.3 is 5.69 Å². The van der Waals surface area contributed by atoms with Gasteiger partial charge in [-0.2, -0.15) is 0 Å². The molecule has 36 heavy (non-hydrogen) atoms. The van der Waals surface area contributed by atoms with E-state index in [9.17, 15) is 23.2 Å². The molecule has 0 fully saturated rings. The number of carbonyl (C=O) groups excluding carboxylic acids is 1. The van der Waals surface area contributed by atoms with E-state index < -0.39 is 28.8 Å². The normalized spacial score (nSPS) is 11.6. The molecule has 0 aliphatic heterocycles. The maximum absolute atomic E-state index is 14.3. The number of hydrogen-bond acceptors (Lipinski definition) is 7. The van der Waals surface area contributed by atoms with Crippen molar-refractivity contribution in [1.82, 2.24) is 33.2 Å². The van der Waals surface area contributed by atoms with Crippen LogP contribution in [0.15, 0.2) is 46.8 Å². The van der Waals surface area contributed by atoms with Gasteiger partial charge in [0.1, 0.15) is 17.9 Å². The molecule has 4 aromatic heterocycles. The number of carbonyl (C=O) groups is 1. The van der Waals surface area contributed by atoms with Crippen LogP contribution in [0.3, 0.4) is 0 Å². The number of hydrogen-bond donors (Lipinski definition) is 0. The Bertz CT molecular complexity index is 1720. The summed E-state index contributed by atoms with van der Waals surface area (Å²) in [6.07, 6.45) is 6.93. The molecule has 186 valence electrons. The molecular weight excluding hydrogens is 494 g/mol. The molecule has 1 amide bonds. The number of aromatic nitrogens is 7. The zero-order valence-corrected chi connectivity index (χ0v) is 20.1. The molecule has 0 bridgehead atoms. The fraction of sp³-hybridized carbons (Fsp3) is 0.273. The van der Waals surface area contributed by atoms with Crippen LogP contribution in [0.4, 0.5) is 13.9 Å². The first-order valence-electron chi connectivity index (χ1n) is 10.9. The largest absolute Gasteiger partial charge is 0.337 e. The minimum absolute atomic E-state index is 0.0271. The van der Waals surface area contributed by atoms with Crippen molar-refractivity contribution in [2.75, 3.05) is 11.4 Å². The molecule has 0 saturated heterocycles. The second-order valence-corrected chi connectivity index (χ2v) is 9.19. The second kappa shape index (κ2) is 9.11. The molecule has 11 nitrogen and oxygen atoms in total. The predicted molar refractivity (Wildman–Crippen MR) is 129 cm³/mol. The minimum atomic E-state index is -0.816. The molecule has 0 unspecified atom stereocenters. The molecule has 0 radical (unpaired) electrons. The van der Waals surface area contributed by atoms with E-state index in [1.807, 2.05) is 4.57 Å². The summed E-state index contributed by atoms with van der Waals surface area (Å²) >= 11 is 0.995. The fourth-order valence-electron chi connectivity index (χ4n) is 3.97. The summed E-state index contributed by atoms with van der Waals surface area (Å²) in [7, 11) is 2.83. The van der Waals surface area contributed by atoms with Crippen LogP contribution in [0, 0.1) is 11.6 Å². The van der Waals surface area contributed by atoms with Gasteiger partial charge < -0.3 is 9.13 Å². The summed E-state index contributed by atoms with van der Waals surface area (Å²) < 4.78 is 33.7. The number of rotatable bonds is 7. The lowest BCUT2D eigenvalue weighted by Gasteiger charge is -2.20. The first-order chi connectivity index (χ1) is 17.2. The van der Waals surface area contributed by atoms with Crippen LogP contribution in [0.25, 0.3) is 21.4 Å². The van der Waals surface area contributed by atoms with Gasteiger partial charge in [-0.25, -0.2) is 28.5 Å². The summed E-state index contributed by atoms with van der Waals surface area (Å²) in [6.45, 7) is 0.514. The highest BCUT2D eigenvalue weighted by atomic mass is 32.1. The molecule has 14 heteroatoms. The molecule has 0 aliphatic carbocycles. The molecule has 0 spiro atoms. The average molecular weight is 515 g/mol. The van der Waals surface area contributed by atoms with Crippen LogP contribution in [-0.4, -0.2) is 45.7 Å². The Morgan fingerprint density at radius 3 is 2.69 bits per heavy atom. The van der Waals surface area contributed by atoms with E-state index in [0.717, 1.165) is 22.0 Å². The standard InChI is InChI=1S/C22H20F2N8O3S/c1-28-19-18(20(34)29(2)22(28)35)31(12-26-19)10-16(33)32(6-3-5-30-7-4-25-11-30)21-27-17-14(24)8-13(23)9-15(17)36-21/h4,7-9,11-12H,3,5-6,10H2,1-2H3. The van der Waals surface area contributed by atoms with Crippen LogP contribution in [0.2, 0.25) is 0 Å². The minimum Gasteiger partial charge on any atom is -0.337 e. The van der Waals surface area contributed by atoms with Crippen LogP contribution in [0.5, 0.6) is 0 Å². The van der Waals surface area contributed by atoms with E-state index in [1.165, 1.54) is 40.5 Å². The number of nitrogens with zero attached hydrogens (tertiary/aromatic N) is 8. The Labute approximate surface area is 205 Å². The summed E-state index contributed by atoms with van der Waals surface area (Å²) in [5.41, 5.74) is -0.888. The summed E-state index contributed by atoms with van der Waals surface area (Å²) in [4.78, 5) is 52.3. The number of imidazole rings is 2. The lowest BCUT2D eigenvalue weighted by molar-refractivity contribution is -0.119. The second-order valence-electron chi connectivity index (χ2n) is 8.18. The summed E-state index contributed by atoms with van der Waals surface area (Å²) in [5, 5.41) is 0.204. The first kappa shape index (κ1) is 23.5. The lowest BCUT2D eigenvalue weighted by atomic mass is 10.3. The topological polar surface area (TPSA) is 113 Å². The number of halogens is 2. The zero-order valence-electron chi connectivity index (χ0n) is 19.3. The van der Waals surface area contributed by atoms with Crippen LogP contribution >= 0.6 is 11.3 Å². The summed E-state index contributed by atoms with van der Waals surface area (Å²) in [6, 6.07) is 1.91. The van der Waals surface area contributed by atoms with Crippen molar-refractivity contribution in [3.8, 4) is 0 Å². The van der Waals surface area contributed by atoms with Crippen LogP contribution in [0.1, 0.15) is 6.42 Å². The summed E-state index contributed by atoms with van der Waals surface area (Å²) in [5.74, 6) is -1.99. The molecule has 0 N–H and O–H groups in total. The highest BCUT2D eigenvalue weighted by molar-refractivity contribution is 7.22. The fourth-order valence-corrected chi connectivity index (χ4v) is 5.01. The molecule has 0 atom stereocenters. The number of amides is 1. The van der Waals surface area contributed by atoms with E-state index in [-0.39, 0.29) is 39.6 Å². The van der Waals surface area contributed by atoms with Crippen molar-refractivity contribution in [3.63, 3.8) is 0 Å². The third kappa shape index (κ3) is 4.08. The Morgan fingerprint density at radius 2 is 1.94 bits per heavy atom. The highest BCUT2D eigenvalue weighted by Crippen LogP contribution is 2.31. The maximum atomic E-state index is 14.3. The molecule has 4 heterocycles. The van der Waals surface area contributed by atoms with Gasteiger partial charge in [-0.05, 0) is 12.5 Å². The van der Waals surface area contributed by atoms with Gasteiger partial charge in [0.25, 0.3) is 5.56 Å². The Balaban J connectivity index is 1.50. The maximum Gasteiger partial charge on any atom is 0.332 e. The number of thiazole rings is 1. The van der Waals surface area contributed by atoms with E-state index >= 15 is 0 Å². The number of benzene rings is 1. The Hall–Kier alpha value is -4.20. The third-order valence-corrected chi connectivity index (χ3v) is 6.84. The van der Waals surface area contributed by atoms with E-state index in [0.29, 0.717) is 13.0 Å². The first-order valence-corrected chi connectivity index (χ1v) is 11.7. The zero-order chi connectivity index (χ0) is 25.6. The van der Waals surface area contributed by atoms with Crippen molar-refractivity contribution in [2.45, 2.75) is 19.5 Å². The SMILES string of the molecule is Cn1c(=O)c2c(ncn2CC(=O)N(CCCn2ccnc2)c2nc3c(F)cc(F)cc3s2)n(C)c1=O. The van der Waals surface area contributed by atoms with Gasteiger partial charge in [-0.1, -0.05) is 11.3 Å². The smallest absolute Gasteiger partial charge is 0.332 e. The van der Waals surface area contributed by atoms with Crippen molar-refractivity contribution in [1.29, 1.82) is 0 Å². The molecular formula is C22H20F2N8O3S. The van der Waals surface area contributed by atoms with Crippen molar-refractivity contribution in [3.05, 3.63) is 69.7 Å². The lowest BCUT2D eigenvalue weighted by Crippen LogP contribution is -2.39. The van der Waals surface area contributed by atoms with Crippen LogP contribution in [-0.2, 0) is 32.0 Å². The molecule has 5 aromatic rings. The third-order valence-electron chi connectivity index (χ3n) is 5.81.